The van der Waals surface area contributed by atoms with Gasteiger partial charge in [-0.3, -0.25) is 4.79 Å². The van der Waals surface area contributed by atoms with Gasteiger partial charge in [-0.05, 0) is 40.9 Å². The number of nitrogens with one attached hydrogen (secondary N) is 1. The van der Waals surface area contributed by atoms with Crippen molar-refractivity contribution in [1.82, 2.24) is 4.98 Å². The van der Waals surface area contributed by atoms with Gasteiger partial charge in [-0.15, -0.1) is 11.3 Å². The van der Waals surface area contributed by atoms with Crippen molar-refractivity contribution in [3.05, 3.63) is 33.2 Å². The van der Waals surface area contributed by atoms with Crippen LogP contribution in [0, 0.1) is 0 Å². The summed E-state index contributed by atoms with van der Waals surface area (Å²) in [5.41, 5.74) is 1.54. The summed E-state index contributed by atoms with van der Waals surface area (Å²) < 4.78 is 6.10. The molecule has 21 heavy (non-hydrogen) atoms. The number of carbonyl (C=O) groups is 1. The molecule has 5 nitrogen and oxygen atoms in total. The molecule has 110 valence electrons. The molecule has 1 heterocycles. The van der Waals surface area contributed by atoms with Gasteiger partial charge in [-0.2, -0.15) is 0 Å². The molecule has 0 radical (unpaired) electrons. The second-order valence-electron chi connectivity index (χ2n) is 4.73. The topological polar surface area (TPSA) is 71.5 Å². The van der Waals surface area contributed by atoms with Crippen molar-refractivity contribution >= 4 is 44.1 Å². The number of methoxy groups -OCH3 is 1. The Morgan fingerprint density at radius 1 is 1.57 bits per heavy atom. The minimum absolute atomic E-state index is 0.472. The van der Waals surface area contributed by atoms with E-state index in [0.717, 1.165) is 27.2 Å². The van der Waals surface area contributed by atoms with Crippen LogP contribution in [0.4, 0.5) is 10.8 Å². The van der Waals surface area contributed by atoms with Gasteiger partial charge in [-0.25, -0.2) is 4.98 Å². The molecule has 3 rings (SSSR count). The van der Waals surface area contributed by atoms with E-state index in [9.17, 15) is 9.90 Å². The Balaban J connectivity index is 1.87. The van der Waals surface area contributed by atoms with Gasteiger partial charge in [0.1, 0.15) is 11.7 Å². The standard InChI is InChI=1S/C14H13BrN2O3S/c1-20-7-2-4-9(15)10(6-7)16-14-17-12-8(13(18)19)3-5-11(12)21-14/h2,4,6,8H,3,5H2,1H3,(H,16,17)(H,18,19). The summed E-state index contributed by atoms with van der Waals surface area (Å²) in [5, 5.41) is 13.1. The number of anilines is 2. The third-order valence-electron chi connectivity index (χ3n) is 3.43. The number of aryl methyl sites for hydroxylation is 1. The molecule has 7 heteroatoms. The van der Waals surface area contributed by atoms with E-state index >= 15 is 0 Å². The third-order valence-corrected chi connectivity index (χ3v) is 5.17. The molecule has 0 fully saturated rings. The van der Waals surface area contributed by atoms with E-state index in [-0.39, 0.29) is 0 Å². The molecule has 0 amide bonds. The van der Waals surface area contributed by atoms with Gasteiger partial charge in [0.05, 0.1) is 18.5 Å². The quantitative estimate of drug-likeness (QED) is 0.859. The average molecular weight is 369 g/mol. The molecule has 1 aliphatic rings. The van der Waals surface area contributed by atoms with Crippen LogP contribution in [0.1, 0.15) is 22.9 Å². The zero-order chi connectivity index (χ0) is 15.0. The Labute approximate surface area is 134 Å². The zero-order valence-electron chi connectivity index (χ0n) is 11.2. The number of fused-ring (bicyclic) bond motifs is 1. The van der Waals surface area contributed by atoms with Crippen LogP contribution in [-0.4, -0.2) is 23.2 Å². The fourth-order valence-electron chi connectivity index (χ4n) is 2.36. The third kappa shape index (κ3) is 2.75. The fourth-order valence-corrected chi connectivity index (χ4v) is 3.76. The number of aromatic nitrogens is 1. The second-order valence-corrected chi connectivity index (χ2v) is 6.67. The van der Waals surface area contributed by atoms with Gasteiger partial charge in [0.2, 0.25) is 0 Å². The number of aliphatic carboxylic acids is 1. The fraction of sp³-hybridized carbons (Fsp3) is 0.286. The molecule has 1 aromatic heterocycles. The predicted molar refractivity (Wildman–Crippen MR) is 84.8 cm³/mol. The van der Waals surface area contributed by atoms with Crippen molar-refractivity contribution < 1.29 is 14.6 Å². The molecule has 0 aliphatic heterocycles. The van der Waals surface area contributed by atoms with Crippen LogP contribution in [0.25, 0.3) is 0 Å². The number of hydrogen-bond acceptors (Lipinski definition) is 5. The minimum atomic E-state index is -0.798. The van der Waals surface area contributed by atoms with E-state index in [1.807, 2.05) is 18.2 Å². The first-order chi connectivity index (χ1) is 10.1. The first-order valence-electron chi connectivity index (χ1n) is 6.41. The number of halogens is 1. The number of benzene rings is 1. The molecule has 1 atom stereocenters. The van der Waals surface area contributed by atoms with Gasteiger partial charge in [-0.1, -0.05) is 0 Å². The lowest BCUT2D eigenvalue weighted by Gasteiger charge is -2.08. The highest BCUT2D eigenvalue weighted by Crippen LogP contribution is 2.40. The second kappa shape index (κ2) is 5.65. The van der Waals surface area contributed by atoms with Crippen molar-refractivity contribution in [2.45, 2.75) is 18.8 Å². The highest BCUT2D eigenvalue weighted by molar-refractivity contribution is 9.10. The van der Waals surface area contributed by atoms with Crippen LogP contribution >= 0.6 is 27.3 Å². The van der Waals surface area contributed by atoms with Crippen LogP contribution in [-0.2, 0) is 11.2 Å². The summed E-state index contributed by atoms with van der Waals surface area (Å²) in [6.45, 7) is 0. The number of hydrogen-bond donors (Lipinski definition) is 2. The highest BCUT2D eigenvalue weighted by Gasteiger charge is 2.32. The molecule has 0 bridgehead atoms. The molecule has 2 N–H and O–H groups in total. The van der Waals surface area contributed by atoms with Crippen molar-refractivity contribution in [3.63, 3.8) is 0 Å². The summed E-state index contributed by atoms with van der Waals surface area (Å²) in [6.07, 6.45) is 1.43. The summed E-state index contributed by atoms with van der Waals surface area (Å²) in [6, 6.07) is 5.62. The maximum absolute atomic E-state index is 11.2. The number of carboxylic acids is 1. The Morgan fingerprint density at radius 2 is 2.38 bits per heavy atom. The molecule has 2 aromatic rings. The maximum atomic E-state index is 11.2. The van der Waals surface area contributed by atoms with E-state index in [2.05, 4.69) is 26.2 Å². The summed E-state index contributed by atoms with van der Waals surface area (Å²) in [4.78, 5) is 16.7. The van der Waals surface area contributed by atoms with Crippen LogP contribution in [0.5, 0.6) is 5.75 Å². The Bertz CT molecular complexity index is 702. The van der Waals surface area contributed by atoms with Gasteiger partial charge >= 0.3 is 5.97 Å². The van der Waals surface area contributed by atoms with Crippen molar-refractivity contribution in [2.75, 3.05) is 12.4 Å². The number of thiazole rings is 1. The minimum Gasteiger partial charge on any atom is -0.497 e. The van der Waals surface area contributed by atoms with Crippen molar-refractivity contribution in [1.29, 1.82) is 0 Å². The van der Waals surface area contributed by atoms with Crippen molar-refractivity contribution in [3.8, 4) is 5.75 Å². The number of rotatable bonds is 4. The first kappa shape index (κ1) is 14.3. The summed E-state index contributed by atoms with van der Waals surface area (Å²) in [5.74, 6) is -0.526. The SMILES string of the molecule is COc1ccc(Br)c(Nc2nc3c(s2)CCC3C(=O)O)c1. The normalized spacial score (nSPS) is 16.6. The van der Waals surface area contributed by atoms with Gasteiger partial charge < -0.3 is 15.2 Å². The number of ether oxygens (including phenoxy) is 1. The lowest BCUT2D eigenvalue weighted by Crippen LogP contribution is -2.08. The van der Waals surface area contributed by atoms with Crippen LogP contribution < -0.4 is 10.1 Å². The van der Waals surface area contributed by atoms with E-state index < -0.39 is 11.9 Å². The first-order valence-corrected chi connectivity index (χ1v) is 8.02. The summed E-state index contributed by atoms with van der Waals surface area (Å²) >= 11 is 4.99. The van der Waals surface area contributed by atoms with Crippen molar-refractivity contribution in [2.24, 2.45) is 0 Å². The molecule has 1 aliphatic carbocycles. The van der Waals surface area contributed by atoms with E-state index in [1.54, 1.807) is 7.11 Å². The monoisotopic (exact) mass is 368 g/mol. The van der Waals surface area contributed by atoms with Crippen LogP contribution in [0.3, 0.4) is 0 Å². The largest absolute Gasteiger partial charge is 0.497 e. The van der Waals surface area contributed by atoms with Crippen LogP contribution in [0.15, 0.2) is 22.7 Å². The van der Waals surface area contributed by atoms with Gasteiger partial charge in [0.25, 0.3) is 0 Å². The maximum Gasteiger partial charge on any atom is 0.312 e. The Kier molecular flexibility index (Phi) is 3.86. The predicted octanol–water partition coefficient (Wildman–Crippen LogP) is 3.77. The van der Waals surface area contributed by atoms with E-state index in [1.165, 1.54) is 11.3 Å². The lowest BCUT2D eigenvalue weighted by atomic mass is 10.1. The summed E-state index contributed by atoms with van der Waals surface area (Å²) in [7, 11) is 1.61. The molecule has 0 spiro atoms. The highest BCUT2D eigenvalue weighted by atomic mass is 79.9. The van der Waals surface area contributed by atoms with Gasteiger partial charge in [0, 0.05) is 15.4 Å². The van der Waals surface area contributed by atoms with E-state index in [0.29, 0.717) is 17.2 Å². The lowest BCUT2D eigenvalue weighted by molar-refractivity contribution is -0.138. The molecular weight excluding hydrogens is 356 g/mol. The molecule has 1 unspecified atom stereocenters. The Morgan fingerprint density at radius 3 is 3.10 bits per heavy atom. The number of nitrogens with zero attached hydrogens (tertiary/aromatic N) is 1. The van der Waals surface area contributed by atoms with E-state index in [4.69, 9.17) is 4.74 Å². The molecule has 0 saturated carbocycles. The zero-order valence-corrected chi connectivity index (χ0v) is 13.6. The Hall–Kier alpha value is -1.60. The molecular formula is C14H13BrN2O3S. The molecule has 0 saturated heterocycles. The molecule has 1 aromatic carbocycles. The van der Waals surface area contributed by atoms with Gasteiger partial charge in [0.15, 0.2) is 5.13 Å². The van der Waals surface area contributed by atoms with Crippen LogP contribution in [0.2, 0.25) is 0 Å². The average Bonchev–Trinajstić information content (AvgIpc) is 3.00. The number of carboxylic acid groups (broad SMARTS) is 1. The smallest absolute Gasteiger partial charge is 0.312 e.